The highest BCUT2D eigenvalue weighted by Gasteiger charge is 2.21. The highest BCUT2D eigenvalue weighted by molar-refractivity contribution is 5.86. The molecule has 0 radical (unpaired) electrons. The lowest BCUT2D eigenvalue weighted by molar-refractivity contribution is -0.134. The number of hydrogen-bond donors (Lipinski definition) is 2. The Kier molecular flexibility index (Phi) is 5.33. The summed E-state index contributed by atoms with van der Waals surface area (Å²) >= 11 is 0. The van der Waals surface area contributed by atoms with Crippen molar-refractivity contribution in [2.45, 2.75) is 32.3 Å². The Morgan fingerprint density at radius 1 is 1.08 bits per heavy atom. The van der Waals surface area contributed by atoms with Gasteiger partial charge in [-0.2, -0.15) is 0 Å². The number of allylic oxidation sites excluding steroid dienone is 2. The van der Waals surface area contributed by atoms with E-state index in [2.05, 4.69) is 16.9 Å². The molecule has 0 aliphatic heterocycles. The summed E-state index contributed by atoms with van der Waals surface area (Å²) in [5.74, 6) is -0.00410. The predicted molar refractivity (Wildman–Crippen MR) is 96.8 cm³/mol. The van der Waals surface area contributed by atoms with Gasteiger partial charge in [0.15, 0.2) is 6.10 Å². The first-order valence-electron chi connectivity index (χ1n) is 8.53. The molecule has 0 fully saturated rings. The van der Waals surface area contributed by atoms with Crippen molar-refractivity contribution in [1.29, 1.82) is 0 Å². The van der Waals surface area contributed by atoms with Crippen LogP contribution in [0.15, 0.2) is 54.6 Å². The zero-order chi connectivity index (χ0) is 17.6. The van der Waals surface area contributed by atoms with Gasteiger partial charge in [0.25, 0.3) is 5.91 Å². The SMILES string of the molecule is C[C@H](Oc1ccc2ccccc2c1)C(=O)NNC(=O)[C@H]1CC=CCC1. The predicted octanol–water partition coefficient (Wildman–Crippen LogP) is 3.11. The summed E-state index contributed by atoms with van der Waals surface area (Å²) < 4.78 is 5.69. The second kappa shape index (κ2) is 7.83. The molecule has 25 heavy (non-hydrogen) atoms. The van der Waals surface area contributed by atoms with Crippen LogP contribution in [0.25, 0.3) is 10.8 Å². The van der Waals surface area contributed by atoms with Crippen LogP contribution in [0.5, 0.6) is 5.75 Å². The smallest absolute Gasteiger partial charge is 0.279 e. The number of hydrazine groups is 1. The number of carbonyl (C=O) groups excluding carboxylic acids is 2. The fourth-order valence-corrected chi connectivity index (χ4v) is 2.86. The lowest BCUT2D eigenvalue weighted by Gasteiger charge is -2.19. The molecule has 3 rings (SSSR count). The number of benzene rings is 2. The van der Waals surface area contributed by atoms with E-state index in [0.29, 0.717) is 12.2 Å². The topological polar surface area (TPSA) is 67.4 Å². The summed E-state index contributed by atoms with van der Waals surface area (Å²) in [6.07, 6.45) is 5.77. The van der Waals surface area contributed by atoms with Gasteiger partial charge in [0.2, 0.25) is 5.91 Å². The van der Waals surface area contributed by atoms with Gasteiger partial charge < -0.3 is 4.74 Å². The molecule has 0 spiro atoms. The minimum atomic E-state index is -0.715. The molecule has 5 nitrogen and oxygen atoms in total. The highest BCUT2D eigenvalue weighted by atomic mass is 16.5. The van der Waals surface area contributed by atoms with Gasteiger partial charge in [-0.15, -0.1) is 0 Å². The summed E-state index contributed by atoms with van der Waals surface area (Å²) in [5, 5.41) is 2.16. The minimum absolute atomic E-state index is 0.0815. The quantitative estimate of drug-likeness (QED) is 0.665. The van der Waals surface area contributed by atoms with Crippen molar-refractivity contribution >= 4 is 22.6 Å². The van der Waals surface area contributed by atoms with Gasteiger partial charge in [0.05, 0.1) is 0 Å². The fourth-order valence-electron chi connectivity index (χ4n) is 2.86. The molecule has 2 aromatic rings. The van der Waals surface area contributed by atoms with Crippen molar-refractivity contribution in [1.82, 2.24) is 10.9 Å². The number of ether oxygens (including phenoxy) is 1. The molecule has 0 saturated carbocycles. The number of rotatable bonds is 4. The van der Waals surface area contributed by atoms with E-state index in [0.717, 1.165) is 23.6 Å². The number of fused-ring (bicyclic) bond motifs is 1. The maximum Gasteiger partial charge on any atom is 0.279 e. The Bertz CT molecular complexity index is 800. The first-order valence-corrected chi connectivity index (χ1v) is 8.53. The molecule has 2 atom stereocenters. The number of amides is 2. The standard InChI is InChI=1S/C20H22N2O3/c1-14(19(23)21-22-20(24)16-8-3-2-4-9-16)25-18-12-11-15-7-5-6-10-17(15)13-18/h2-3,5-7,10-14,16H,4,8-9H2,1H3,(H,21,23)(H,22,24)/t14-,16-/m0/s1. The first-order chi connectivity index (χ1) is 12.1. The van der Waals surface area contributed by atoms with Crippen LogP contribution >= 0.6 is 0 Å². The van der Waals surface area contributed by atoms with Crippen LogP contribution in [-0.4, -0.2) is 17.9 Å². The van der Waals surface area contributed by atoms with Gasteiger partial charge in [-0.3, -0.25) is 20.4 Å². The molecule has 2 N–H and O–H groups in total. The largest absolute Gasteiger partial charge is 0.481 e. The van der Waals surface area contributed by atoms with Gasteiger partial charge in [0, 0.05) is 5.92 Å². The Balaban J connectivity index is 1.52. The van der Waals surface area contributed by atoms with Crippen LogP contribution in [0.1, 0.15) is 26.2 Å². The zero-order valence-corrected chi connectivity index (χ0v) is 14.2. The third-order valence-electron chi connectivity index (χ3n) is 4.35. The van der Waals surface area contributed by atoms with E-state index in [1.165, 1.54) is 0 Å². The Morgan fingerprint density at radius 3 is 2.64 bits per heavy atom. The van der Waals surface area contributed by atoms with Crippen LogP contribution < -0.4 is 15.6 Å². The van der Waals surface area contributed by atoms with Crippen molar-refractivity contribution < 1.29 is 14.3 Å². The molecule has 1 aliphatic carbocycles. The van der Waals surface area contributed by atoms with E-state index in [9.17, 15) is 9.59 Å². The Labute approximate surface area is 147 Å². The van der Waals surface area contributed by atoms with Crippen molar-refractivity contribution in [3.05, 3.63) is 54.6 Å². The van der Waals surface area contributed by atoms with Crippen molar-refractivity contribution in [2.24, 2.45) is 5.92 Å². The highest BCUT2D eigenvalue weighted by Crippen LogP contribution is 2.21. The average molecular weight is 338 g/mol. The third kappa shape index (κ3) is 4.38. The van der Waals surface area contributed by atoms with Crippen LogP contribution in [-0.2, 0) is 9.59 Å². The molecule has 2 aromatic carbocycles. The van der Waals surface area contributed by atoms with Gasteiger partial charge in [-0.1, -0.05) is 42.5 Å². The third-order valence-corrected chi connectivity index (χ3v) is 4.35. The van der Waals surface area contributed by atoms with E-state index in [1.807, 2.05) is 48.5 Å². The van der Waals surface area contributed by atoms with Gasteiger partial charge in [0.1, 0.15) is 5.75 Å². The van der Waals surface area contributed by atoms with Gasteiger partial charge >= 0.3 is 0 Å². The lowest BCUT2D eigenvalue weighted by Crippen LogP contribution is -2.49. The summed E-state index contributed by atoms with van der Waals surface area (Å²) in [6.45, 7) is 1.65. The van der Waals surface area contributed by atoms with E-state index in [-0.39, 0.29) is 17.7 Å². The normalized spacial score (nSPS) is 17.7. The number of hydrogen-bond acceptors (Lipinski definition) is 3. The molecule has 0 aromatic heterocycles. The van der Waals surface area contributed by atoms with Crippen LogP contribution in [0.3, 0.4) is 0 Å². The Hall–Kier alpha value is -2.82. The maximum atomic E-state index is 12.1. The van der Waals surface area contributed by atoms with Crippen LogP contribution in [0.4, 0.5) is 0 Å². The second-order valence-corrected chi connectivity index (χ2v) is 6.23. The Morgan fingerprint density at radius 2 is 1.88 bits per heavy atom. The monoisotopic (exact) mass is 338 g/mol. The van der Waals surface area contributed by atoms with Gasteiger partial charge in [-0.25, -0.2) is 0 Å². The molecule has 5 heteroatoms. The summed E-state index contributed by atoms with van der Waals surface area (Å²) in [6, 6.07) is 13.6. The van der Waals surface area contributed by atoms with E-state index >= 15 is 0 Å². The second-order valence-electron chi connectivity index (χ2n) is 6.23. The molecule has 130 valence electrons. The van der Waals surface area contributed by atoms with E-state index in [4.69, 9.17) is 4.74 Å². The maximum absolute atomic E-state index is 12.1. The van der Waals surface area contributed by atoms with Gasteiger partial charge in [-0.05, 0) is 49.1 Å². The zero-order valence-electron chi connectivity index (χ0n) is 14.2. The first kappa shape index (κ1) is 17.0. The molecule has 1 aliphatic rings. The fraction of sp³-hybridized carbons (Fsp3) is 0.300. The summed E-state index contributed by atoms with van der Waals surface area (Å²) in [4.78, 5) is 24.2. The number of nitrogens with one attached hydrogen (secondary N) is 2. The molecule has 0 heterocycles. The van der Waals surface area contributed by atoms with Crippen molar-refractivity contribution in [3.63, 3.8) is 0 Å². The molecule has 0 saturated heterocycles. The lowest BCUT2D eigenvalue weighted by atomic mass is 9.94. The molecular formula is C20H22N2O3. The average Bonchev–Trinajstić information content (AvgIpc) is 2.66. The summed E-state index contributed by atoms with van der Waals surface area (Å²) in [7, 11) is 0. The van der Waals surface area contributed by atoms with Crippen LogP contribution in [0, 0.1) is 5.92 Å². The summed E-state index contributed by atoms with van der Waals surface area (Å²) in [5.41, 5.74) is 4.95. The molecule has 0 unspecified atom stereocenters. The van der Waals surface area contributed by atoms with Crippen LogP contribution in [0.2, 0.25) is 0 Å². The van der Waals surface area contributed by atoms with E-state index in [1.54, 1.807) is 6.92 Å². The molecule has 0 bridgehead atoms. The van der Waals surface area contributed by atoms with Crippen molar-refractivity contribution in [2.75, 3.05) is 0 Å². The number of carbonyl (C=O) groups is 2. The molecule has 2 amide bonds. The minimum Gasteiger partial charge on any atom is -0.481 e. The van der Waals surface area contributed by atoms with Crippen molar-refractivity contribution in [3.8, 4) is 5.75 Å². The van der Waals surface area contributed by atoms with E-state index < -0.39 is 6.10 Å². The molecular weight excluding hydrogens is 316 g/mol.